The van der Waals surface area contributed by atoms with Gasteiger partial charge in [-0.05, 0) is 86.4 Å². The molecule has 0 aliphatic heterocycles. The molecule has 1 atom stereocenters. The average Bonchev–Trinajstić information content (AvgIpc) is 2.91. The first-order valence-corrected chi connectivity index (χ1v) is 8.61. The molecule has 2 N–H and O–H groups in total. The molecule has 22 heavy (non-hydrogen) atoms. The lowest BCUT2D eigenvalue weighted by Gasteiger charge is -2.17. The van der Waals surface area contributed by atoms with E-state index in [0.29, 0.717) is 12.0 Å². The summed E-state index contributed by atoms with van der Waals surface area (Å²) in [4.78, 5) is 4.54. The van der Waals surface area contributed by atoms with Gasteiger partial charge in [-0.3, -0.25) is 0 Å². The van der Waals surface area contributed by atoms with E-state index < -0.39 is 17.7 Å². The van der Waals surface area contributed by atoms with Crippen LogP contribution < -0.4 is 5.73 Å². The molecule has 0 fully saturated rings. The number of hydrogen-bond donors (Lipinski definition) is 1. The quantitative estimate of drug-likeness (QED) is 0.720. The Hall–Kier alpha value is -0.850. The van der Waals surface area contributed by atoms with Crippen LogP contribution in [0.4, 0.5) is 8.78 Å². The largest absolute Gasteiger partial charge is 0.322 e. The Bertz CT molecular complexity index is 714. The number of pyridine rings is 1. The Morgan fingerprint density at radius 2 is 1.73 bits per heavy atom. The molecule has 116 valence electrons. The fraction of sp³-hybridized carbons (Fsp3) is 0.312. The van der Waals surface area contributed by atoms with Crippen molar-refractivity contribution < 1.29 is 8.78 Å². The number of nitrogens with zero attached hydrogens (tertiary/aromatic N) is 1. The Labute approximate surface area is 144 Å². The third kappa shape index (κ3) is 3.09. The number of halogens is 4. The molecule has 1 heterocycles. The van der Waals surface area contributed by atoms with Crippen molar-refractivity contribution >= 4 is 31.9 Å². The lowest BCUT2D eigenvalue weighted by atomic mass is 10.0. The zero-order valence-corrected chi connectivity index (χ0v) is 14.8. The Kier molecular flexibility index (Phi) is 4.61. The van der Waals surface area contributed by atoms with Gasteiger partial charge < -0.3 is 5.73 Å². The molecule has 1 aliphatic rings. The molecule has 0 amide bonds. The number of benzene rings is 1. The maximum atomic E-state index is 13.3. The Morgan fingerprint density at radius 1 is 1.09 bits per heavy atom. The Balaban J connectivity index is 1.92. The van der Waals surface area contributed by atoms with Gasteiger partial charge in [0, 0.05) is 10.5 Å². The predicted octanol–water partition coefficient (Wildman–Crippen LogP) is 4.62. The molecular weight excluding hydrogens is 418 g/mol. The zero-order chi connectivity index (χ0) is 15.9. The first-order valence-electron chi connectivity index (χ1n) is 7.03. The van der Waals surface area contributed by atoms with Crippen molar-refractivity contribution in [1.82, 2.24) is 4.98 Å². The first kappa shape index (κ1) is 16.0. The molecule has 2 aromatic rings. The number of aromatic nitrogens is 1. The second-order valence-corrected chi connectivity index (χ2v) is 7.04. The Morgan fingerprint density at radius 3 is 2.41 bits per heavy atom. The average molecular weight is 432 g/mol. The molecular formula is C16H14Br2F2N2. The fourth-order valence-electron chi connectivity index (χ4n) is 2.92. The van der Waals surface area contributed by atoms with Crippen molar-refractivity contribution in [3.63, 3.8) is 0 Å². The van der Waals surface area contributed by atoms with Gasteiger partial charge in [0.05, 0.1) is 11.7 Å². The summed E-state index contributed by atoms with van der Waals surface area (Å²) in [5.41, 5.74) is 9.93. The molecule has 1 unspecified atom stereocenters. The van der Waals surface area contributed by atoms with Crippen LogP contribution in [0.3, 0.4) is 0 Å². The third-order valence-electron chi connectivity index (χ3n) is 3.90. The minimum atomic E-state index is -0.593. The van der Waals surface area contributed by atoms with Gasteiger partial charge >= 0.3 is 0 Å². The summed E-state index contributed by atoms with van der Waals surface area (Å²) in [5, 5.41) is 0. The van der Waals surface area contributed by atoms with Gasteiger partial charge in [0.15, 0.2) is 0 Å². The predicted molar refractivity (Wildman–Crippen MR) is 88.7 cm³/mol. The molecule has 6 heteroatoms. The molecule has 2 nitrogen and oxygen atoms in total. The van der Waals surface area contributed by atoms with E-state index >= 15 is 0 Å². The van der Waals surface area contributed by atoms with E-state index in [9.17, 15) is 8.78 Å². The van der Waals surface area contributed by atoms with Crippen LogP contribution in [0.15, 0.2) is 27.3 Å². The van der Waals surface area contributed by atoms with Crippen molar-refractivity contribution in [2.24, 2.45) is 5.73 Å². The summed E-state index contributed by atoms with van der Waals surface area (Å²) in [6, 6.07) is 3.03. The van der Waals surface area contributed by atoms with Crippen LogP contribution in [0, 0.1) is 11.6 Å². The van der Waals surface area contributed by atoms with E-state index in [4.69, 9.17) is 5.73 Å². The summed E-state index contributed by atoms with van der Waals surface area (Å²) in [7, 11) is 0. The standard InChI is InChI=1S/C16H14Br2F2N2/c17-14-11-2-1-3-12(11)16(18)22-15(14)13(21)6-8-4-9(19)7-10(20)5-8/h4-5,7,13H,1-3,6,21H2. The van der Waals surface area contributed by atoms with Gasteiger partial charge in [-0.15, -0.1) is 0 Å². The SMILES string of the molecule is NC(Cc1cc(F)cc(F)c1)c1nc(Br)c2c(c1Br)CCC2. The van der Waals surface area contributed by atoms with Crippen molar-refractivity contribution in [3.8, 4) is 0 Å². The van der Waals surface area contributed by atoms with E-state index in [1.54, 1.807) is 0 Å². The highest BCUT2D eigenvalue weighted by Gasteiger charge is 2.24. The molecule has 0 saturated heterocycles. The number of rotatable bonds is 3. The summed E-state index contributed by atoms with van der Waals surface area (Å²) in [5.74, 6) is -1.19. The molecule has 0 radical (unpaired) electrons. The highest BCUT2D eigenvalue weighted by atomic mass is 79.9. The summed E-state index contributed by atoms with van der Waals surface area (Å²) in [6.07, 6.45) is 3.42. The third-order valence-corrected chi connectivity index (χ3v) is 5.45. The molecule has 0 saturated carbocycles. The van der Waals surface area contributed by atoms with Crippen LogP contribution >= 0.6 is 31.9 Å². The van der Waals surface area contributed by atoms with E-state index in [-0.39, 0.29) is 0 Å². The van der Waals surface area contributed by atoms with E-state index in [1.165, 1.54) is 23.3 Å². The highest BCUT2D eigenvalue weighted by molar-refractivity contribution is 9.11. The van der Waals surface area contributed by atoms with Crippen molar-refractivity contribution in [3.05, 3.63) is 61.3 Å². The van der Waals surface area contributed by atoms with E-state index in [1.807, 2.05) is 0 Å². The summed E-state index contributed by atoms with van der Waals surface area (Å²) < 4.78 is 28.3. The van der Waals surface area contributed by atoms with Crippen LogP contribution in [0.1, 0.15) is 34.8 Å². The van der Waals surface area contributed by atoms with Crippen LogP contribution in [-0.2, 0) is 19.3 Å². The first-order chi connectivity index (χ1) is 10.5. The van der Waals surface area contributed by atoms with Gasteiger partial charge in [0.25, 0.3) is 0 Å². The number of nitrogens with two attached hydrogens (primary N) is 1. The lowest BCUT2D eigenvalue weighted by molar-refractivity contribution is 0.575. The van der Waals surface area contributed by atoms with Crippen molar-refractivity contribution in [2.45, 2.75) is 31.7 Å². The topological polar surface area (TPSA) is 38.9 Å². The molecule has 1 aromatic carbocycles. The maximum absolute atomic E-state index is 13.3. The van der Waals surface area contributed by atoms with Crippen molar-refractivity contribution in [2.75, 3.05) is 0 Å². The van der Waals surface area contributed by atoms with Gasteiger partial charge in [-0.2, -0.15) is 0 Å². The van der Waals surface area contributed by atoms with E-state index in [2.05, 4.69) is 36.8 Å². The van der Waals surface area contributed by atoms with Gasteiger partial charge in [0.1, 0.15) is 16.2 Å². The zero-order valence-electron chi connectivity index (χ0n) is 11.7. The fourth-order valence-corrected chi connectivity index (χ4v) is 4.36. The van der Waals surface area contributed by atoms with Gasteiger partial charge in [-0.1, -0.05) is 0 Å². The minimum absolute atomic E-state index is 0.325. The second kappa shape index (κ2) is 6.34. The van der Waals surface area contributed by atoms with Crippen LogP contribution in [0.2, 0.25) is 0 Å². The van der Waals surface area contributed by atoms with Crippen molar-refractivity contribution in [1.29, 1.82) is 0 Å². The molecule has 1 aliphatic carbocycles. The lowest BCUT2D eigenvalue weighted by Crippen LogP contribution is -2.17. The summed E-state index contributed by atoms with van der Waals surface area (Å²) in [6.45, 7) is 0. The number of hydrogen-bond acceptors (Lipinski definition) is 2. The monoisotopic (exact) mass is 430 g/mol. The summed E-state index contributed by atoms with van der Waals surface area (Å²) >= 11 is 7.10. The van der Waals surface area contributed by atoms with Crippen LogP contribution in [0.5, 0.6) is 0 Å². The molecule has 3 rings (SSSR count). The molecule has 0 spiro atoms. The normalized spacial score (nSPS) is 15.0. The van der Waals surface area contributed by atoms with Crippen LogP contribution in [0.25, 0.3) is 0 Å². The van der Waals surface area contributed by atoms with Crippen LogP contribution in [-0.4, -0.2) is 4.98 Å². The maximum Gasteiger partial charge on any atom is 0.126 e. The minimum Gasteiger partial charge on any atom is -0.322 e. The van der Waals surface area contributed by atoms with E-state index in [0.717, 1.165) is 40.1 Å². The molecule has 1 aromatic heterocycles. The smallest absolute Gasteiger partial charge is 0.126 e. The second-order valence-electron chi connectivity index (χ2n) is 5.50. The number of fused-ring (bicyclic) bond motifs is 1. The van der Waals surface area contributed by atoms with Gasteiger partial charge in [0.2, 0.25) is 0 Å². The molecule has 0 bridgehead atoms. The van der Waals surface area contributed by atoms with Gasteiger partial charge in [-0.25, -0.2) is 13.8 Å². The highest BCUT2D eigenvalue weighted by Crippen LogP contribution is 2.37.